The fourth-order valence-electron chi connectivity index (χ4n) is 2.08. The predicted octanol–water partition coefficient (Wildman–Crippen LogP) is 1.72. The van der Waals surface area contributed by atoms with Crippen molar-refractivity contribution in [3.63, 3.8) is 0 Å². The number of amides is 1. The number of pyridine rings is 1. The molecule has 5 heteroatoms. The number of aromatic nitrogens is 1. The number of carbonyl (C=O) groups excluding carboxylic acids is 1. The van der Waals surface area contributed by atoms with E-state index in [1.54, 1.807) is 24.0 Å². The first kappa shape index (κ1) is 12.3. The van der Waals surface area contributed by atoms with Crippen molar-refractivity contribution in [1.82, 2.24) is 9.88 Å². The van der Waals surface area contributed by atoms with Gasteiger partial charge >= 0.3 is 0 Å². The van der Waals surface area contributed by atoms with E-state index in [9.17, 15) is 9.90 Å². The fourth-order valence-corrected chi connectivity index (χ4v) is 2.19. The van der Waals surface area contributed by atoms with Crippen LogP contribution in [0.5, 0.6) is 0 Å². The quantitative estimate of drug-likeness (QED) is 0.777. The lowest BCUT2D eigenvalue weighted by molar-refractivity contribution is -0.0107. The molecule has 0 aromatic carbocycles. The fraction of sp³-hybridized carbons (Fsp3) is 0.500. The SMILES string of the molecule is CC1(O)CCCN(C(=O)c2ccc(Cl)nc2)C1. The number of hydrogen-bond acceptors (Lipinski definition) is 3. The first-order valence-corrected chi connectivity index (χ1v) is 5.99. The van der Waals surface area contributed by atoms with Crippen molar-refractivity contribution >= 4 is 17.5 Å². The molecule has 1 fully saturated rings. The third-order valence-corrected chi connectivity index (χ3v) is 3.16. The second kappa shape index (κ2) is 4.63. The van der Waals surface area contributed by atoms with Crippen molar-refractivity contribution in [2.75, 3.05) is 13.1 Å². The standard InChI is InChI=1S/C12H15ClN2O2/c1-12(17)5-2-6-15(8-12)11(16)9-3-4-10(13)14-7-9/h3-4,7,17H,2,5-6,8H2,1H3. The highest BCUT2D eigenvalue weighted by molar-refractivity contribution is 6.29. The Kier molecular flexibility index (Phi) is 3.35. The van der Waals surface area contributed by atoms with Gasteiger partial charge in [0.1, 0.15) is 5.15 Å². The number of likely N-dealkylation sites (tertiary alicyclic amines) is 1. The lowest BCUT2D eigenvalue weighted by atomic mass is 9.95. The summed E-state index contributed by atoms with van der Waals surface area (Å²) in [6.07, 6.45) is 3.02. The van der Waals surface area contributed by atoms with Crippen LogP contribution in [0.15, 0.2) is 18.3 Å². The first-order chi connectivity index (χ1) is 7.98. The molecule has 4 nitrogen and oxygen atoms in total. The van der Waals surface area contributed by atoms with Gasteiger partial charge in [-0.15, -0.1) is 0 Å². The summed E-state index contributed by atoms with van der Waals surface area (Å²) in [5.74, 6) is -0.103. The van der Waals surface area contributed by atoms with Crippen LogP contribution in [0.25, 0.3) is 0 Å². The van der Waals surface area contributed by atoms with E-state index in [2.05, 4.69) is 4.98 Å². The Hall–Kier alpha value is -1.13. The summed E-state index contributed by atoms with van der Waals surface area (Å²) in [5, 5.41) is 10.3. The minimum Gasteiger partial charge on any atom is -0.388 e. The number of hydrogen-bond donors (Lipinski definition) is 1. The van der Waals surface area contributed by atoms with Gasteiger partial charge in [-0.05, 0) is 31.9 Å². The molecular weight excluding hydrogens is 240 g/mol. The molecule has 1 aliphatic rings. The average molecular weight is 255 g/mol. The van der Waals surface area contributed by atoms with Gasteiger partial charge in [-0.2, -0.15) is 0 Å². The van der Waals surface area contributed by atoms with Crippen LogP contribution >= 0.6 is 11.6 Å². The lowest BCUT2D eigenvalue weighted by Crippen LogP contribution is -2.48. The van der Waals surface area contributed by atoms with Crippen LogP contribution < -0.4 is 0 Å². The maximum Gasteiger partial charge on any atom is 0.255 e. The van der Waals surface area contributed by atoms with Crippen LogP contribution in [-0.2, 0) is 0 Å². The van der Waals surface area contributed by atoms with Gasteiger partial charge in [0.25, 0.3) is 5.91 Å². The molecule has 1 amide bonds. The summed E-state index contributed by atoms with van der Waals surface area (Å²) in [5.41, 5.74) is -0.277. The van der Waals surface area contributed by atoms with Crippen molar-refractivity contribution in [3.05, 3.63) is 29.0 Å². The maximum atomic E-state index is 12.1. The van der Waals surface area contributed by atoms with Crippen molar-refractivity contribution < 1.29 is 9.90 Å². The largest absolute Gasteiger partial charge is 0.388 e. The minimum atomic E-state index is -0.784. The lowest BCUT2D eigenvalue weighted by Gasteiger charge is -2.36. The van der Waals surface area contributed by atoms with E-state index < -0.39 is 5.60 Å². The van der Waals surface area contributed by atoms with Crippen molar-refractivity contribution in [3.8, 4) is 0 Å². The summed E-state index contributed by atoms with van der Waals surface area (Å²) in [6, 6.07) is 3.25. The molecule has 0 bridgehead atoms. The molecule has 1 aromatic heterocycles. The van der Waals surface area contributed by atoms with Gasteiger partial charge in [0, 0.05) is 19.3 Å². The zero-order valence-electron chi connectivity index (χ0n) is 9.69. The van der Waals surface area contributed by atoms with Crippen LogP contribution in [0, 0.1) is 0 Å². The van der Waals surface area contributed by atoms with Crippen LogP contribution in [0.1, 0.15) is 30.1 Å². The third-order valence-electron chi connectivity index (χ3n) is 2.94. The Balaban J connectivity index is 2.12. The van der Waals surface area contributed by atoms with Crippen LogP contribution in [0.3, 0.4) is 0 Å². The first-order valence-electron chi connectivity index (χ1n) is 5.61. The summed E-state index contributed by atoms with van der Waals surface area (Å²) < 4.78 is 0. The van der Waals surface area contributed by atoms with E-state index >= 15 is 0 Å². The number of aliphatic hydroxyl groups is 1. The molecular formula is C12H15ClN2O2. The van der Waals surface area contributed by atoms with Crippen molar-refractivity contribution in [2.45, 2.75) is 25.4 Å². The Bertz CT molecular complexity index is 417. The number of halogens is 1. The molecule has 1 saturated heterocycles. The van der Waals surface area contributed by atoms with E-state index in [-0.39, 0.29) is 5.91 Å². The number of piperidine rings is 1. The van der Waals surface area contributed by atoms with E-state index in [0.29, 0.717) is 23.8 Å². The van der Waals surface area contributed by atoms with Gasteiger partial charge in [0.2, 0.25) is 0 Å². The van der Waals surface area contributed by atoms with Crippen molar-refractivity contribution in [1.29, 1.82) is 0 Å². The molecule has 1 atom stereocenters. The second-order valence-corrected chi connectivity index (χ2v) is 5.08. The Labute approximate surface area is 105 Å². The Morgan fingerprint density at radius 2 is 2.35 bits per heavy atom. The highest BCUT2D eigenvalue weighted by Crippen LogP contribution is 2.21. The van der Waals surface area contributed by atoms with Gasteiger partial charge in [-0.25, -0.2) is 4.98 Å². The van der Waals surface area contributed by atoms with Crippen LogP contribution in [0.2, 0.25) is 5.15 Å². The summed E-state index contributed by atoms with van der Waals surface area (Å²) in [7, 11) is 0. The Morgan fingerprint density at radius 3 is 2.94 bits per heavy atom. The van der Waals surface area contributed by atoms with E-state index in [4.69, 9.17) is 11.6 Å². The van der Waals surface area contributed by atoms with E-state index in [1.165, 1.54) is 6.20 Å². The van der Waals surface area contributed by atoms with Crippen LogP contribution in [-0.4, -0.2) is 39.6 Å². The maximum absolute atomic E-state index is 12.1. The van der Waals surface area contributed by atoms with Crippen molar-refractivity contribution in [2.24, 2.45) is 0 Å². The molecule has 17 heavy (non-hydrogen) atoms. The van der Waals surface area contributed by atoms with Gasteiger partial charge < -0.3 is 10.0 Å². The minimum absolute atomic E-state index is 0.103. The molecule has 1 unspecified atom stereocenters. The molecule has 2 heterocycles. The summed E-state index contributed by atoms with van der Waals surface area (Å²) >= 11 is 5.67. The third kappa shape index (κ3) is 2.96. The summed E-state index contributed by atoms with van der Waals surface area (Å²) in [4.78, 5) is 17.7. The molecule has 0 saturated carbocycles. The Morgan fingerprint density at radius 1 is 1.59 bits per heavy atom. The zero-order chi connectivity index (χ0) is 12.5. The second-order valence-electron chi connectivity index (χ2n) is 4.70. The van der Waals surface area contributed by atoms with Gasteiger partial charge in [0.15, 0.2) is 0 Å². The molecule has 2 rings (SSSR count). The number of rotatable bonds is 1. The zero-order valence-corrected chi connectivity index (χ0v) is 10.4. The van der Waals surface area contributed by atoms with Crippen LogP contribution in [0.4, 0.5) is 0 Å². The topological polar surface area (TPSA) is 53.4 Å². The molecule has 0 spiro atoms. The normalized spacial score (nSPS) is 24.8. The number of carbonyl (C=O) groups is 1. The molecule has 1 N–H and O–H groups in total. The summed E-state index contributed by atoms with van der Waals surface area (Å²) in [6.45, 7) is 2.80. The molecule has 1 aromatic rings. The van der Waals surface area contributed by atoms with E-state index in [0.717, 1.165) is 12.8 Å². The molecule has 1 aliphatic heterocycles. The average Bonchev–Trinajstić information content (AvgIpc) is 2.28. The molecule has 0 radical (unpaired) electrons. The highest BCUT2D eigenvalue weighted by Gasteiger charge is 2.31. The van der Waals surface area contributed by atoms with E-state index in [1.807, 2.05) is 0 Å². The smallest absolute Gasteiger partial charge is 0.255 e. The van der Waals surface area contributed by atoms with Gasteiger partial charge in [0.05, 0.1) is 11.2 Å². The number of nitrogens with zero attached hydrogens (tertiary/aromatic N) is 2. The monoisotopic (exact) mass is 254 g/mol. The molecule has 92 valence electrons. The van der Waals surface area contributed by atoms with Gasteiger partial charge in [-0.1, -0.05) is 11.6 Å². The molecule has 0 aliphatic carbocycles. The predicted molar refractivity (Wildman–Crippen MR) is 65.0 cm³/mol. The van der Waals surface area contributed by atoms with Gasteiger partial charge in [-0.3, -0.25) is 4.79 Å². The number of β-amino-alcohol motifs (C(OH)–C–C–N with tert-alkyl or cyclic N) is 1. The highest BCUT2D eigenvalue weighted by atomic mass is 35.5.